The molecule has 0 saturated carbocycles. The number of hydrogen-bond acceptors (Lipinski definition) is 3. The Bertz CT molecular complexity index is 560. The Hall–Kier alpha value is -1.42. The minimum Gasteiger partial charge on any atom is -0.316 e. The molecule has 4 heteroatoms. The molecule has 1 aliphatic heterocycles. The zero-order chi connectivity index (χ0) is 13.2. The van der Waals surface area contributed by atoms with Gasteiger partial charge in [-0.3, -0.25) is 0 Å². The average molecular weight is 258 g/mol. The number of pyridine rings is 1. The summed E-state index contributed by atoms with van der Waals surface area (Å²) in [5, 5.41) is 0. The van der Waals surface area contributed by atoms with Crippen LogP contribution < -0.4 is 0 Å². The molecule has 1 fully saturated rings. The van der Waals surface area contributed by atoms with Gasteiger partial charge in [0, 0.05) is 26.2 Å². The van der Waals surface area contributed by atoms with Gasteiger partial charge in [0.25, 0.3) is 0 Å². The summed E-state index contributed by atoms with van der Waals surface area (Å²) in [7, 11) is 2.08. The van der Waals surface area contributed by atoms with E-state index in [2.05, 4.69) is 28.4 Å². The predicted molar refractivity (Wildman–Crippen MR) is 77.1 cm³/mol. The van der Waals surface area contributed by atoms with Crippen LogP contribution in [0.2, 0.25) is 0 Å². The molecule has 2 aromatic heterocycles. The molecule has 0 aromatic carbocycles. The second kappa shape index (κ2) is 5.29. The van der Waals surface area contributed by atoms with Crippen LogP contribution in [0.15, 0.2) is 18.3 Å². The van der Waals surface area contributed by atoms with Crippen molar-refractivity contribution in [2.75, 3.05) is 19.6 Å². The third kappa shape index (κ3) is 2.50. The number of likely N-dealkylation sites (tertiary alicyclic amines) is 1. The number of aryl methyl sites for hydroxylation is 1. The van der Waals surface area contributed by atoms with Crippen molar-refractivity contribution in [3.05, 3.63) is 24.2 Å². The molecule has 1 aliphatic rings. The van der Waals surface area contributed by atoms with E-state index in [1.54, 1.807) is 0 Å². The van der Waals surface area contributed by atoms with Crippen molar-refractivity contribution in [3.63, 3.8) is 0 Å². The molecule has 0 aliphatic carbocycles. The second-order valence-corrected chi connectivity index (χ2v) is 5.54. The molecule has 19 heavy (non-hydrogen) atoms. The van der Waals surface area contributed by atoms with Crippen molar-refractivity contribution in [2.24, 2.45) is 13.0 Å². The Labute approximate surface area is 114 Å². The lowest BCUT2D eigenvalue weighted by Gasteiger charge is -2.31. The summed E-state index contributed by atoms with van der Waals surface area (Å²) in [6.07, 6.45) is 5.56. The summed E-state index contributed by atoms with van der Waals surface area (Å²) >= 11 is 0. The summed E-state index contributed by atoms with van der Waals surface area (Å²) in [6, 6.07) is 4.00. The Kier molecular flexibility index (Phi) is 3.51. The van der Waals surface area contributed by atoms with E-state index in [0.29, 0.717) is 0 Å². The highest BCUT2D eigenvalue weighted by Gasteiger charge is 2.21. The largest absolute Gasteiger partial charge is 0.316 e. The number of rotatable bonds is 3. The van der Waals surface area contributed by atoms with Gasteiger partial charge in [-0.05, 0) is 44.0 Å². The van der Waals surface area contributed by atoms with E-state index in [0.717, 1.165) is 23.5 Å². The van der Waals surface area contributed by atoms with Crippen LogP contribution in [-0.4, -0.2) is 39.1 Å². The molecule has 0 N–H and O–H groups in total. The first-order chi connectivity index (χ1) is 9.28. The minimum absolute atomic E-state index is 0.740. The summed E-state index contributed by atoms with van der Waals surface area (Å²) < 4.78 is 2.15. The van der Waals surface area contributed by atoms with Crippen LogP contribution in [0.25, 0.3) is 11.2 Å². The van der Waals surface area contributed by atoms with Crippen LogP contribution in [0.5, 0.6) is 0 Å². The normalized spacial score (nSPS) is 21.1. The molecule has 1 atom stereocenters. The Morgan fingerprint density at radius 1 is 1.42 bits per heavy atom. The summed E-state index contributed by atoms with van der Waals surface area (Å²) in [6.45, 7) is 5.90. The number of piperidine rings is 1. The van der Waals surface area contributed by atoms with Gasteiger partial charge in [-0.2, -0.15) is 0 Å². The molecule has 4 nitrogen and oxygen atoms in total. The highest BCUT2D eigenvalue weighted by atomic mass is 15.1. The zero-order valence-electron chi connectivity index (χ0n) is 11.8. The van der Waals surface area contributed by atoms with Crippen molar-refractivity contribution in [2.45, 2.75) is 26.2 Å². The van der Waals surface area contributed by atoms with Gasteiger partial charge in [0.05, 0.1) is 0 Å². The maximum Gasteiger partial charge on any atom is 0.159 e. The van der Waals surface area contributed by atoms with Crippen molar-refractivity contribution < 1.29 is 0 Å². The lowest BCUT2D eigenvalue weighted by atomic mass is 9.94. The maximum atomic E-state index is 4.74. The van der Waals surface area contributed by atoms with Gasteiger partial charge < -0.3 is 9.47 Å². The van der Waals surface area contributed by atoms with E-state index in [1.165, 1.54) is 38.3 Å². The fraction of sp³-hybridized carbons (Fsp3) is 0.600. The van der Waals surface area contributed by atoms with E-state index < -0.39 is 0 Å². The fourth-order valence-corrected chi connectivity index (χ4v) is 3.12. The molecule has 0 amide bonds. The predicted octanol–water partition coefficient (Wildman–Crippen LogP) is 2.24. The third-order valence-corrected chi connectivity index (χ3v) is 4.24. The van der Waals surface area contributed by atoms with Crippen LogP contribution in [0.4, 0.5) is 0 Å². The van der Waals surface area contributed by atoms with Crippen molar-refractivity contribution in [3.8, 4) is 0 Å². The van der Waals surface area contributed by atoms with Crippen molar-refractivity contribution >= 4 is 11.2 Å². The topological polar surface area (TPSA) is 34.0 Å². The number of nitrogens with zero attached hydrogens (tertiary/aromatic N) is 4. The first-order valence-corrected chi connectivity index (χ1v) is 7.26. The average Bonchev–Trinajstić information content (AvgIpc) is 2.76. The molecule has 0 radical (unpaired) electrons. The van der Waals surface area contributed by atoms with Gasteiger partial charge >= 0.3 is 0 Å². The lowest BCUT2D eigenvalue weighted by Crippen LogP contribution is -2.36. The molecule has 0 spiro atoms. The van der Waals surface area contributed by atoms with Gasteiger partial charge in [0.15, 0.2) is 5.65 Å². The van der Waals surface area contributed by atoms with Crippen LogP contribution in [0, 0.1) is 5.92 Å². The monoisotopic (exact) mass is 258 g/mol. The number of aromatic nitrogens is 3. The van der Waals surface area contributed by atoms with E-state index in [9.17, 15) is 0 Å². The quantitative estimate of drug-likeness (QED) is 0.846. The molecular formula is C15H22N4. The van der Waals surface area contributed by atoms with E-state index in [4.69, 9.17) is 4.98 Å². The summed E-state index contributed by atoms with van der Waals surface area (Å²) in [5.41, 5.74) is 2.02. The SMILES string of the molecule is CCN1CCCC(Cc2nc3cccnc3n2C)C1. The minimum atomic E-state index is 0.740. The maximum absolute atomic E-state index is 4.74. The van der Waals surface area contributed by atoms with Crippen LogP contribution in [0.3, 0.4) is 0 Å². The standard InChI is InChI=1S/C15H22N4/c1-3-19-9-5-6-12(11-19)10-14-17-13-7-4-8-16-15(13)18(14)2/h4,7-8,12H,3,5-6,9-11H2,1-2H3. The molecule has 1 unspecified atom stereocenters. The molecule has 102 valence electrons. The summed E-state index contributed by atoms with van der Waals surface area (Å²) in [4.78, 5) is 11.7. The molecule has 1 saturated heterocycles. The van der Waals surface area contributed by atoms with Gasteiger partial charge in [-0.25, -0.2) is 9.97 Å². The summed E-state index contributed by atoms with van der Waals surface area (Å²) in [5.74, 6) is 1.92. The smallest absolute Gasteiger partial charge is 0.159 e. The highest BCUT2D eigenvalue weighted by molar-refractivity contribution is 5.70. The Morgan fingerprint density at radius 2 is 2.32 bits per heavy atom. The third-order valence-electron chi connectivity index (χ3n) is 4.24. The number of hydrogen-bond donors (Lipinski definition) is 0. The zero-order valence-corrected chi connectivity index (χ0v) is 11.8. The van der Waals surface area contributed by atoms with E-state index in [1.807, 2.05) is 18.3 Å². The Morgan fingerprint density at radius 3 is 3.11 bits per heavy atom. The Balaban J connectivity index is 1.79. The molecule has 2 aromatic rings. The van der Waals surface area contributed by atoms with Crippen LogP contribution in [0.1, 0.15) is 25.6 Å². The molecule has 3 heterocycles. The molecule has 3 rings (SSSR count). The number of fused-ring (bicyclic) bond motifs is 1. The number of imidazole rings is 1. The first-order valence-electron chi connectivity index (χ1n) is 7.26. The second-order valence-electron chi connectivity index (χ2n) is 5.54. The van der Waals surface area contributed by atoms with Crippen molar-refractivity contribution in [1.82, 2.24) is 19.4 Å². The van der Waals surface area contributed by atoms with Gasteiger partial charge in [-0.1, -0.05) is 6.92 Å². The fourth-order valence-electron chi connectivity index (χ4n) is 3.12. The van der Waals surface area contributed by atoms with Crippen molar-refractivity contribution in [1.29, 1.82) is 0 Å². The molecular weight excluding hydrogens is 236 g/mol. The van der Waals surface area contributed by atoms with Gasteiger partial charge in [-0.15, -0.1) is 0 Å². The van der Waals surface area contributed by atoms with E-state index >= 15 is 0 Å². The lowest BCUT2D eigenvalue weighted by molar-refractivity contribution is 0.180. The first kappa shape index (κ1) is 12.6. The highest BCUT2D eigenvalue weighted by Crippen LogP contribution is 2.21. The van der Waals surface area contributed by atoms with Gasteiger partial charge in [0.2, 0.25) is 0 Å². The van der Waals surface area contributed by atoms with Crippen LogP contribution >= 0.6 is 0 Å². The van der Waals surface area contributed by atoms with Gasteiger partial charge in [0.1, 0.15) is 11.3 Å². The van der Waals surface area contributed by atoms with E-state index in [-0.39, 0.29) is 0 Å². The van der Waals surface area contributed by atoms with Crippen LogP contribution in [-0.2, 0) is 13.5 Å². The molecule has 0 bridgehead atoms.